The van der Waals surface area contributed by atoms with Crippen LogP contribution in [0, 0.1) is 0 Å². The van der Waals surface area contributed by atoms with Gasteiger partial charge in [0, 0.05) is 18.3 Å². The Morgan fingerprint density at radius 3 is 2.94 bits per heavy atom. The van der Waals surface area contributed by atoms with Gasteiger partial charge in [-0.2, -0.15) is 0 Å². The first-order valence-electron chi connectivity index (χ1n) is 5.92. The van der Waals surface area contributed by atoms with E-state index in [1.807, 2.05) is 13.0 Å². The Balaban J connectivity index is 2.27. The Hall–Kier alpha value is -1.07. The molecule has 0 saturated heterocycles. The van der Waals surface area contributed by atoms with E-state index in [4.69, 9.17) is 0 Å². The highest BCUT2D eigenvalue weighted by atomic mass is 32.2. The van der Waals surface area contributed by atoms with Crippen LogP contribution in [0.25, 0.3) is 0 Å². The van der Waals surface area contributed by atoms with Crippen molar-refractivity contribution >= 4 is 15.7 Å². The molecule has 0 aromatic heterocycles. The summed E-state index contributed by atoms with van der Waals surface area (Å²) < 4.78 is 26.5. The molecule has 0 aliphatic carbocycles. The Morgan fingerprint density at radius 2 is 2.24 bits per heavy atom. The predicted molar refractivity (Wildman–Crippen MR) is 68.7 cm³/mol. The summed E-state index contributed by atoms with van der Waals surface area (Å²) in [4.78, 5) is 0.362. The second kappa shape index (κ2) is 4.66. The van der Waals surface area contributed by atoms with Gasteiger partial charge in [-0.3, -0.25) is 0 Å². The van der Waals surface area contributed by atoms with Gasteiger partial charge in [-0.05, 0) is 43.5 Å². The average molecular weight is 254 g/mol. The molecule has 0 saturated carbocycles. The fourth-order valence-corrected chi connectivity index (χ4v) is 3.20. The van der Waals surface area contributed by atoms with Gasteiger partial charge < -0.3 is 5.32 Å². The van der Waals surface area contributed by atoms with Crippen LogP contribution in [0.15, 0.2) is 23.1 Å². The second-order valence-electron chi connectivity index (χ2n) is 4.47. The van der Waals surface area contributed by atoms with Gasteiger partial charge in [0.05, 0.1) is 4.90 Å². The molecular weight excluding hydrogens is 236 g/mol. The van der Waals surface area contributed by atoms with Gasteiger partial charge >= 0.3 is 0 Å². The maximum atomic E-state index is 11.9. The number of hydrogen-bond acceptors (Lipinski definition) is 3. The molecule has 1 aliphatic heterocycles. The lowest BCUT2D eigenvalue weighted by Crippen LogP contribution is -2.24. The summed E-state index contributed by atoms with van der Waals surface area (Å²) in [7, 11) is -3.34. The van der Waals surface area contributed by atoms with E-state index < -0.39 is 10.0 Å². The van der Waals surface area contributed by atoms with Crippen LogP contribution in [0.3, 0.4) is 0 Å². The molecule has 5 heteroatoms. The molecule has 1 atom stereocenters. The topological polar surface area (TPSA) is 58.2 Å². The number of sulfonamides is 1. The summed E-state index contributed by atoms with van der Waals surface area (Å²) in [6.45, 7) is 4.51. The maximum Gasteiger partial charge on any atom is 0.240 e. The zero-order chi connectivity index (χ0) is 12.5. The van der Waals surface area contributed by atoms with Crippen molar-refractivity contribution in [2.75, 3.05) is 11.9 Å². The first kappa shape index (κ1) is 12.4. The van der Waals surface area contributed by atoms with Gasteiger partial charge in [0.1, 0.15) is 0 Å². The van der Waals surface area contributed by atoms with Gasteiger partial charge in [-0.25, -0.2) is 13.1 Å². The molecule has 4 nitrogen and oxygen atoms in total. The molecule has 2 rings (SSSR count). The summed E-state index contributed by atoms with van der Waals surface area (Å²) in [5.74, 6) is 0. The average Bonchev–Trinajstić information content (AvgIpc) is 2.65. The van der Waals surface area contributed by atoms with Crippen molar-refractivity contribution in [3.05, 3.63) is 23.8 Å². The van der Waals surface area contributed by atoms with Gasteiger partial charge in [0.15, 0.2) is 0 Å². The van der Waals surface area contributed by atoms with Crippen LogP contribution >= 0.6 is 0 Å². The van der Waals surface area contributed by atoms with E-state index in [0.29, 0.717) is 17.5 Å². The van der Waals surface area contributed by atoms with Crippen molar-refractivity contribution in [3.63, 3.8) is 0 Å². The molecular formula is C12H18N2O2S. The van der Waals surface area contributed by atoms with Crippen LogP contribution in [0.5, 0.6) is 0 Å². The predicted octanol–water partition coefficient (Wildman–Crippen LogP) is 1.73. The Bertz CT molecular complexity index is 511. The smallest absolute Gasteiger partial charge is 0.240 e. The SMILES string of the molecule is CCCNS(=O)(=O)c1ccc2c(c1)C[C@H](C)N2. The number of anilines is 1. The highest BCUT2D eigenvalue weighted by Gasteiger charge is 2.20. The molecule has 94 valence electrons. The van der Waals surface area contributed by atoms with E-state index in [-0.39, 0.29) is 0 Å². The minimum atomic E-state index is -3.34. The molecule has 1 aliphatic rings. The fraction of sp³-hybridized carbons (Fsp3) is 0.500. The van der Waals surface area contributed by atoms with Gasteiger partial charge in [-0.15, -0.1) is 0 Å². The quantitative estimate of drug-likeness (QED) is 0.860. The van der Waals surface area contributed by atoms with Crippen molar-refractivity contribution in [3.8, 4) is 0 Å². The van der Waals surface area contributed by atoms with Crippen LogP contribution in [0.4, 0.5) is 5.69 Å². The molecule has 1 aromatic carbocycles. The third-order valence-corrected chi connectivity index (χ3v) is 4.32. The number of hydrogen-bond donors (Lipinski definition) is 2. The van der Waals surface area contributed by atoms with E-state index >= 15 is 0 Å². The van der Waals surface area contributed by atoms with Crippen LogP contribution in [0.1, 0.15) is 25.8 Å². The normalized spacial score (nSPS) is 18.8. The maximum absolute atomic E-state index is 11.9. The number of benzene rings is 1. The van der Waals surface area contributed by atoms with E-state index in [2.05, 4.69) is 17.0 Å². The number of fused-ring (bicyclic) bond motifs is 1. The van der Waals surface area contributed by atoms with E-state index in [0.717, 1.165) is 24.1 Å². The van der Waals surface area contributed by atoms with Gasteiger partial charge in [-0.1, -0.05) is 6.92 Å². The molecule has 1 aromatic rings. The van der Waals surface area contributed by atoms with Crippen molar-refractivity contribution in [1.29, 1.82) is 0 Å². The van der Waals surface area contributed by atoms with Crippen LogP contribution in [-0.2, 0) is 16.4 Å². The van der Waals surface area contributed by atoms with E-state index in [1.54, 1.807) is 12.1 Å². The standard InChI is InChI=1S/C12H18N2O2S/c1-3-6-13-17(15,16)11-4-5-12-10(8-11)7-9(2)14-12/h4-5,8-9,13-14H,3,6-7H2,1-2H3/t9-/m0/s1. The van der Waals surface area contributed by atoms with Crippen LogP contribution < -0.4 is 10.0 Å². The largest absolute Gasteiger partial charge is 0.382 e. The summed E-state index contributed by atoms with van der Waals surface area (Å²) in [5.41, 5.74) is 2.13. The summed E-state index contributed by atoms with van der Waals surface area (Å²) in [6, 6.07) is 5.65. The lowest BCUT2D eigenvalue weighted by molar-refractivity contribution is 0.580. The Kier molecular flexibility index (Phi) is 3.40. The zero-order valence-corrected chi connectivity index (χ0v) is 11.0. The van der Waals surface area contributed by atoms with Gasteiger partial charge in [0.2, 0.25) is 10.0 Å². The third kappa shape index (κ3) is 2.61. The Morgan fingerprint density at radius 1 is 1.47 bits per heavy atom. The van der Waals surface area contributed by atoms with Crippen molar-refractivity contribution in [2.45, 2.75) is 37.6 Å². The highest BCUT2D eigenvalue weighted by Crippen LogP contribution is 2.27. The molecule has 0 radical (unpaired) electrons. The molecule has 0 unspecified atom stereocenters. The molecule has 0 bridgehead atoms. The fourth-order valence-electron chi connectivity index (χ4n) is 2.01. The summed E-state index contributed by atoms with van der Waals surface area (Å²) in [6.07, 6.45) is 1.68. The first-order chi connectivity index (χ1) is 8.03. The van der Waals surface area contributed by atoms with Crippen LogP contribution in [-0.4, -0.2) is 21.0 Å². The molecule has 0 spiro atoms. The number of nitrogens with one attached hydrogen (secondary N) is 2. The number of rotatable bonds is 4. The zero-order valence-electron chi connectivity index (χ0n) is 10.2. The minimum absolute atomic E-state index is 0.362. The molecule has 2 N–H and O–H groups in total. The minimum Gasteiger partial charge on any atom is -0.382 e. The monoisotopic (exact) mass is 254 g/mol. The lowest BCUT2D eigenvalue weighted by atomic mass is 10.1. The molecule has 0 fully saturated rings. The molecule has 0 amide bonds. The van der Waals surface area contributed by atoms with Crippen molar-refractivity contribution in [2.24, 2.45) is 0 Å². The summed E-state index contributed by atoms with van der Waals surface area (Å²) >= 11 is 0. The van der Waals surface area contributed by atoms with Crippen molar-refractivity contribution < 1.29 is 8.42 Å². The first-order valence-corrected chi connectivity index (χ1v) is 7.40. The van der Waals surface area contributed by atoms with E-state index in [9.17, 15) is 8.42 Å². The van der Waals surface area contributed by atoms with E-state index in [1.165, 1.54) is 0 Å². The molecule has 1 heterocycles. The van der Waals surface area contributed by atoms with Crippen LogP contribution in [0.2, 0.25) is 0 Å². The van der Waals surface area contributed by atoms with Gasteiger partial charge in [0.25, 0.3) is 0 Å². The lowest BCUT2D eigenvalue weighted by Gasteiger charge is -2.07. The molecule has 17 heavy (non-hydrogen) atoms. The van der Waals surface area contributed by atoms with Crippen molar-refractivity contribution in [1.82, 2.24) is 4.72 Å². The Labute approximate surface area is 102 Å². The highest BCUT2D eigenvalue weighted by molar-refractivity contribution is 7.89. The summed E-state index contributed by atoms with van der Waals surface area (Å²) in [5, 5.41) is 3.30. The third-order valence-electron chi connectivity index (χ3n) is 2.86. The second-order valence-corrected chi connectivity index (χ2v) is 6.23.